The Bertz CT molecular complexity index is 405. The molecule has 1 fully saturated rings. The first-order valence-corrected chi connectivity index (χ1v) is 7.46. The van der Waals surface area contributed by atoms with Crippen molar-refractivity contribution in [2.24, 2.45) is 0 Å². The van der Waals surface area contributed by atoms with Crippen LogP contribution >= 0.6 is 0 Å². The fraction of sp³-hybridized carbons (Fsp3) is 0.688. The zero-order chi connectivity index (χ0) is 13.9. The van der Waals surface area contributed by atoms with Crippen LogP contribution in [0.1, 0.15) is 52.5 Å². The largest absolute Gasteiger partial charge is 0.367 e. The molecule has 0 radical (unpaired) electrons. The highest BCUT2D eigenvalue weighted by Crippen LogP contribution is 2.33. The fourth-order valence-corrected chi connectivity index (χ4v) is 2.31. The summed E-state index contributed by atoms with van der Waals surface area (Å²) >= 11 is 0. The van der Waals surface area contributed by atoms with Gasteiger partial charge in [-0.1, -0.05) is 6.92 Å². The Hall–Kier alpha value is -1.09. The molecule has 0 atom stereocenters. The summed E-state index contributed by atoms with van der Waals surface area (Å²) in [6.07, 6.45) is 7.80. The van der Waals surface area contributed by atoms with Crippen LogP contribution in [0.4, 0.5) is 5.69 Å². The van der Waals surface area contributed by atoms with E-state index in [0.29, 0.717) is 0 Å². The summed E-state index contributed by atoms with van der Waals surface area (Å²) in [6.45, 7) is 10.9. The van der Waals surface area contributed by atoms with Crippen LogP contribution in [0.2, 0.25) is 0 Å². The third kappa shape index (κ3) is 4.20. The highest BCUT2D eigenvalue weighted by molar-refractivity contribution is 5.53. The topological polar surface area (TPSA) is 28.2 Å². The molecule has 0 unspecified atom stereocenters. The Kier molecular flexibility index (Phi) is 4.46. The summed E-state index contributed by atoms with van der Waals surface area (Å²) in [6, 6.07) is 2.90. The van der Waals surface area contributed by atoms with Crippen molar-refractivity contribution in [1.29, 1.82) is 0 Å². The van der Waals surface area contributed by atoms with Gasteiger partial charge in [-0.05, 0) is 51.7 Å². The number of hydrogen-bond donors (Lipinski definition) is 1. The molecule has 0 bridgehead atoms. The van der Waals surface area contributed by atoms with Crippen LogP contribution in [0.25, 0.3) is 0 Å². The van der Waals surface area contributed by atoms with Gasteiger partial charge < -0.3 is 10.2 Å². The predicted octanol–water partition coefficient (Wildman–Crippen LogP) is 3.35. The second-order valence-corrected chi connectivity index (χ2v) is 6.53. The molecule has 3 nitrogen and oxygen atoms in total. The Morgan fingerprint density at radius 2 is 2.11 bits per heavy atom. The third-order valence-electron chi connectivity index (χ3n) is 3.46. The second kappa shape index (κ2) is 5.91. The van der Waals surface area contributed by atoms with E-state index in [1.54, 1.807) is 0 Å². The lowest BCUT2D eigenvalue weighted by molar-refractivity contribution is 0.424. The van der Waals surface area contributed by atoms with Gasteiger partial charge >= 0.3 is 0 Å². The van der Waals surface area contributed by atoms with Gasteiger partial charge in [0.2, 0.25) is 0 Å². The summed E-state index contributed by atoms with van der Waals surface area (Å²) in [4.78, 5) is 6.88. The van der Waals surface area contributed by atoms with E-state index in [1.807, 2.05) is 12.4 Å². The molecule has 3 heteroatoms. The van der Waals surface area contributed by atoms with Crippen molar-refractivity contribution in [2.45, 2.75) is 65.1 Å². The Morgan fingerprint density at radius 1 is 1.37 bits per heavy atom. The van der Waals surface area contributed by atoms with E-state index < -0.39 is 0 Å². The first-order valence-electron chi connectivity index (χ1n) is 7.46. The average Bonchev–Trinajstić information content (AvgIpc) is 3.17. The normalized spacial score (nSPS) is 15.6. The maximum Gasteiger partial charge on any atom is 0.0600 e. The minimum atomic E-state index is 0.149. The molecular formula is C16H27N3. The van der Waals surface area contributed by atoms with Crippen LogP contribution in [0, 0.1) is 0 Å². The van der Waals surface area contributed by atoms with Gasteiger partial charge in [0.1, 0.15) is 0 Å². The average molecular weight is 261 g/mol. The first-order chi connectivity index (χ1) is 9.01. The van der Waals surface area contributed by atoms with E-state index in [0.717, 1.165) is 19.1 Å². The molecule has 0 aliphatic heterocycles. The summed E-state index contributed by atoms with van der Waals surface area (Å²) < 4.78 is 0. The first kappa shape index (κ1) is 14.3. The number of hydrogen-bond acceptors (Lipinski definition) is 3. The Labute approximate surface area is 117 Å². The highest BCUT2D eigenvalue weighted by atomic mass is 15.2. The lowest BCUT2D eigenvalue weighted by atomic mass is 10.1. The summed E-state index contributed by atoms with van der Waals surface area (Å²) in [5, 5.41) is 3.58. The SMILES string of the molecule is CCCN(c1cnccc1CNC(C)(C)C)C1CC1. The van der Waals surface area contributed by atoms with Gasteiger partial charge in [-0.15, -0.1) is 0 Å². The van der Waals surface area contributed by atoms with E-state index >= 15 is 0 Å². The van der Waals surface area contributed by atoms with Crippen molar-refractivity contribution in [1.82, 2.24) is 10.3 Å². The summed E-state index contributed by atoms with van der Waals surface area (Å²) in [5.74, 6) is 0. The van der Waals surface area contributed by atoms with Gasteiger partial charge in [0.05, 0.1) is 11.9 Å². The monoisotopic (exact) mass is 261 g/mol. The number of pyridine rings is 1. The number of nitrogens with zero attached hydrogens (tertiary/aromatic N) is 2. The number of aromatic nitrogens is 1. The molecule has 1 aliphatic rings. The van der Waals surface area contributed by atoms with Crippen LogP contribution < -0.4 is 10.2 Å². The maximum atomic E-state index is 4.33. The molecule has 19 heavy (non-hydrogen) atoms. The van der Waals surface area contributed by atoms with Crippen molar-refractivity contribution in [2.75, 3.05) is 11.4 Å². The number of nitrogens with one attached hydrogen (secondary N) is 1. The number of anilines is 1. The predicted molar refractivity (Wildman–Crippen MR) is 81.5 cm³/mol. The van der Waals surface area contributed by atoms with Crippen molar-refractivity contribution >= 4 is 5.69 Å². The van der Waals surface area contributed by atoms with Crippen LogP contribution in [-0.2, 0) is 6.54 Å². The Morgan fingerprint density at radius 3 is 2.68 bits per heavy atom. The van der Waals surface area contributed by atoms with Crippen molar-refractivity contribution < 1.29 is 0 Å². The van der Waals surface area contributed by atoms with Crippen LogP contribution in [0.5, 0.6) is 0 Å². The van der Waals surface area contributed by atoms with E-state index in [4.69, 9.17) is 0 Å². The van der Waals surface area contributed by atoms with E-state index in [-0.39, 0.29) is 5.54 Å². The highest BCUT2D eigenvalue weighted by Gasteiger charge is 2.29. The molecule has 0 amide bonds. The smallest absolute Gasteiger partial charge is 0.0600 e. The lowest BCUT2D eigenvalue weighted by Gasteiger charge is -2.28. The van der Waals surface area contributed by atoms with Crippen LogP contribution in [0.3, 0.4) is 0 Å². The molecule has 1 heterocycles. The van der Waals surface area contributed by atoms with E-state index in [2.05, 4.69) is 49.0 Å². The lowest BCUT2D eigenvalue weighted by Crippen LogP contribution is -2.36. The standard InChI is InChI=1S/C16H27N3/c1-5-10-19(14-6-7-14)15-12-17-9-8-13(15)11-18-16(2,3)4/h8-9,12,14,18H,5-7,10-11H2,1-4H3. The minimum Gasteiger partial charge on any atom is -0.367 e. The maximum absolute atomic E-state index is 4.33. The van der Waals surface area contributed by atoms with Gasteiger partial charge in [0.15, 0.2) is 0 Å². The molecule has 1 aromatic rings. The van der Waals surface area contributed by atoms with E-state index in [9.17, 15) is 0 Å². The van der Waals surface area contributed by atoms with Crippen molar-refractivity contribution in [3.05, 3.63) is 24.0 Å². The molecule has 106 valence electrons. The third-order valence-corrected chi connectivity index (χ3v) is 3.46. The fourth-order valence-electron chi connectivity index (χ4n) is 2.31. The number of rotatable bonds is 6. The minimum absolute atomic E-state index is 0.149. The Balaban J connectivity index is 2.14. The molecule has 0 saturated heterocycles. The van der Waals surface area contributed by atoms with Gasteiger partial charge in [0.25, 0.3) is 0 Å². The van der Waals surface area contributed by atoms with Gasteiger partial charge in [-0.2, -0.15) is 0 Å². The second-order valence-electron chi connectivity index (χ2n) is 6.53. The van der Waals surface area contributed by atoms with Crippen LogP contribution in [0.15, 0.2) is 18.5 Å². The molecular weight excluding hydrogens is 234 g/mol. The van der Waals surface area contributed by atoms with Crippen LogP contribution in [-0.4, -0.2) is 23.1 Å². The molecule has 1 N–H and O–H groups in total. The van der Waals surface area contributed by atoms with Gasteiger partial charge in [0, 0.05) is 30.9 Å². The molecule has 1 aromatic heterocycles. The van der Waals surface area contributed by atoms with Gasteiger partial charge in [-0.25, -0.2) is 0 Å². The molecule has 2 rings (SSSR count). The quantitative estimate of drug-likeness (QED) is 0.851. The van der Waals surface area contributed by atoms with Crippen molar-refractivity contribution in [3.63, 3.8) is 0 Å². The molecule has 1 saturated carbocycles. The van der Waals surface area contributed by atoms with Gasteiger partial charge in [-0.3, -0.25) is 4.98 Å². The molecule has 1 aliphatic carbocycles. The van der Waals surface area contributed by atoms with E-state index in [1.165, 1.54) is 30.5 Å². The molecule has 0 spiro atoms. The summed E-state index contributed by atoms with van der Waals surface area (Å²) in [7, 11) is 0. The zero-order valence-electron chi connectivity index (χ0n) is 12.7. The molecule has 0 aromatic carbocycles. The van der Waals surface area contributed by atoms with Crippen molar-refractivity contribution in [3.8, 4) is 0 Å². The zero-order valence-corrected chi connectivity index (χ0v) is 12.7. The summed E-state index contributed by atoms with van der Waals surface area (Å²) in [5.41, 5.74) is 2.84.